The van der Waals surface area contributed by atoms with E-state index in [1.165, 1.54) is 12.1 Å². The minimum atomic E-state index is -0.433. The molecule has 0 aliphatic carbocycles. The first-order valence-corrected chi connectivity index (χ1v) is 6.95. The van der Waals surface area contributed by atoms with E-state index in [9.17, 15) is 10.1 Å². The molecule has 0 saturated heterocycles. The highest BCUT2D eigenvalue weighted by Gasteiger charge is 2.10. The quantitative estimate of drug-likeness (QED) is 0.627. The maximum atomic E-state index is 10.8. The summed E-state index contributed by atoms with van der Waals surface area (Å²) >= 11 is 1.61. The van der Waals surface area contributed by atoms with Crippen molar-refractivity contribution in [3.05, 3.63) is 38.3 Å². The molecule has 0 spiro atoms. The van der Waals surface area contributed by atoms with Crippen LogP contribution in [-0.2, 0) is 6.42 Å². The third-order valence-electron chi connectivity index (χ3n) is 2.59. The second-order valence-electron chi connectivity index (χ2n) is 4.16. The molecule has 0 aliphatic rings. The fourth-order valence-corrected chi connectivity index (χ4v) is 2.43. The molecule has 0 fully saturated rings. The van der Waals surface area contributed by atoms with Gasteiger partial charge in [-0.3, -0.25) is 10.1 Å². The summed E-state index contributed by atoms with van der Waals surface area (Å²) in [7, 11) is 1.67. The summed E-state index contributed by atoms with van der Waals surface area (Å²) in [4.78, 5) is 19.0. The number of anilines is 2. The molecule has 0 unspecified atom stereocenters. The number of pyridine rings is 1. The molecule has 2 rings (SSSR count). The van der Waals surface area contributed by atoms with Crippen molar-refractivity contribution < 1.29 is 4.92 Å². The first kappa shape index (κ1) is 14.2. The van der Waals surface area contributed by atoms with Gasteiger partial charge in [0.1, 0.15) is 11.6 Å². The smallest absolute Gasteiger partial charge is 0.276 e. The van der Waals surface area contributed by atoms with Crippen molar-refractivity contribution >= 4 is 28.7 Å². The van der Waals surface area contributed by atoms with E-state index in [-0.39, 0.29) is 5.69 Å². The molecule has 7 nitrogen and oxygen atoms in total. The lowest BCUT2D eigenvalue weighted by molar-refractivity contribution is -0.384. The molecule has 106 valence electrons. The largest absolute Gasteiger partial charge is 0.373 e. The van der Waals surface area contributed by atoms with Crippen molar-refractivity contribution in [1.29, 1.82) is 0 Å². The van der Waals surface area contributed by atoms with Crippen molar-refractivity contribution in [2.24, 2.45) is 0 Å². The predicted octanol–water partition coefficient (Wildman–Crippen LogP) is 2.45. The number of nitrogens with zero attached hydrogens (tertiary/aromatic N) is 3. The molecular formula is C12H15N5O2S. The van der Waals surface area contributed by atoms with E-state index in [4.69, 9.17) is 0 Å². The molecule has 0 bridgehead atoms. The van der Waals surface area contributed by atoms with Gasteiger partial charge >= 0.3 is 0 Å². The zero-order valence-corrected chi connectivity index (χ0v) is 12.0. The number of thiazole rings is 1. The third kappa shape index (κ3) is 3.64. The SMILES string of the molecule is CNc1cc([N+](=O)[O-])cc(NCCc2nc(C)cs2)n1. The van der Waals surface area contributed by atoms with Crippen molar-refractivity contribution in [3.63, 3.8) is 0 Å². The number of hydrogen-bond acceptors (Lipinski definition) is 7. The number of rotatable bonds is 6. The van der Waals surface area contributed by atoms with Crippen molar-refractivity contribution in [2.45, 2.75) is 13.3 Å². The number of hydrogen-bond donors (Lipinski definition) is 2. The minimum Gasteiger partial charge on any atom is -0.373 e. The van der Waals surface area contributed by atoms with Crippen LogP contribution in [0.3, 0.4) is 0 Å². The van der Waals surface area contributed by atoms with Gasteiger partial charge in [0.2, 0.25) is 0 Å². The van der Waals surface area contributed by atoms with Crippen LogP contribution in [0.5, 0.6) is 0 Å². The van der Waals surface area contributed by atoms with Gasteiger partial charge in [-0.05, 0) is 6.92 Å². The molecule has 20 heavy (non-hydrogen) atoms. The third-order valence-corrected chi connectivity index (χ3v) is 3.62. The van der Waals surface area contributed by atoms with Gasteiger partial charge in [-0.2, -0.15) is 0 Å². The Bertz CT molecular complexity index is 614. The molecule has 0 amide bonds. The number of nitro groups is 1. The van der Waals surface area contributed by atoms with E-state index in [0.717, 1.165) is 17.1 Å². The lowest BCUT2D eigenvalue weighted by Gasteiger charge is -2.06. The highest BCUT2D eigenvalue weighted by molar-refractivity contribution is 7.09. The zero-order valence-electron chi connectivity index (χ0n) is 11.2. The summed E-state index contributed by atoms with van der Waals surface area (Å²) < 4.78 is 0. The molecule has 0 aliphatic heterocycles. The Morgan fingerprint density at radius 3 is 2.70 bits per heavy atom. The summed E-state index contributed by atoms with van der Waals surface area (Å²) in [5, 5.41) is 19.8. The standard InChI is InChI=1S/C12H15N5O2S/c1-8-7-20-12(15-8)3-4-14-11-6-9(17(18)19)5-10(13-2)16-11/h5-7H,3-4H2,1-2H3,(H2,13,14,16). The summed E-state index contributed by atoms with van der Waals surface area (Å²) in [5.41, 5.74) is 1.02. The predicted molar refractivity (Wildman–Crippen MR) is 79.5 cm³/mol. The molecule has 0 radical (unpaired) electrons. The van der Waals surface area contributed by atoms with Gasteiger partial charge in [0.05, 0.1) is 22.1 Å². The summed E-state index contributed by atoms with van der Waals surface area (Å²) in [6, 6.07) is 2.82. The average Bonchev–Trinajstić information content (AvgIpc) is 2.84. The Morgan fingerprint density at radius 2 is 2.10 bits per heavy atom. The second-order valence-corrected chi connectivity index (χ2v) is 5.10. The summed E-state index contributed by atoms with van der Waals surface area (Å²) in [5.74, 6) is 0.948. The van der Waals surface area contributed by atoms with Crippen LogP contribution in [0.2, 0.25) is 0 Å². The van der Waals surface area contributed by atoms with Gasteiger partial charge in [-0.15, -0.1) is 11.3 Å². The van der Waals surface area contributed by atoms with Gasteiger partial charge in [0.15, 0.2) is 0 Å². The van der Waals surface area contributed by atoms with Crippen LogP contribution in [0.15, 0.2) is 17.5 Å². The summed E-state index contributed by atoms with van der Waals surface area (Å²) in [6.45, 7) is 2.58. The average molecular weight is 293 g/mol. The second kappa shape index (κ2) is 6.29. The van der Waals surface area contributed by atoms with Gasteiger partial charge < -0.3 is 10.6 Å². The molecule has 0 aromatic carbocycles. The zero-order chi connectivity index (χ0) is 14.5. The number of aryl methyl sites for hydroxylation is 1. The van der Waals surface area contributed by atoms with E-state index >= 15 is 0 Å². The van der Waals surface area contributed by atoms with Crippen LogP contribution < -0.4 is 10.6 Å². The molecule has 0 atom stereocenters. The van der Waals surface area contributed by atoms with Crippen LogP contribution in [0.4, 0.5) is 17.3 Å². The molecule has 2 aromatic heterocycles. The Kier molecular flexibility index (Phi) is 4.46. The van der Waals surface area contributed by atoms with E-state index in [1.807, 2.05) is 12.3 Å². The number of aromatic nitrogens is 2. The van der Waals surface area contributed by atoms with Crippen LogP contribution in [-0.4, -0.2) is 28.5 Å². The van der Waals surface area contributed by atoms with Gasteiger partial charge in [0.25, 0.3) is 5.69 Å². The van der Waals surface area contributed by atoms with Crippen LogP contribution in [0, 0.1) is 17.0 Å². The number of nitrogens with one attached hydrogen (secondary N) is 2. The van der Waals surface area contributed by atoms with Gasteiger partial charge in [-0.25, -0.2) is 9.97 Å². The Hall–Kier alpha value is -2.22. The Morgan fingerprint density at radius 1 is 1.35 bits per heavy atom. The lowest BCUT2D eigenvalue weighted by atomic mass is 10.3. The van der Waals surface area contributed by atoms with Gasteiger partial charge in [0, 0.05) is 31.1 Å². The van der Waals surface area contributed by atoms with Crippen molar-refractivity contribution in [2.75, 3.05) is 24.2 Å². The fraction of sp³-hybridized carbons (Fsp3) is 0.333. The van der Waals surface area contributed by atoms with E-state index in [0.29, 0.717) is 18.2 Å². The topological polar surface area (TPSA) is 93.0 Å². The van der Waals surface area contributed by atoms with Crippen LogP contribution in [0.25, 0.3) is 0 Å². The molecule has 8 heteroatoms. The first-order valence-electron chi connectivity index (χ1n) is 6.07. The normalized spacial score (nSPS) is 10.3. The molecule has 2 N–H and O–H groups in total. The van der Waals surface area contributed by atoms with Gasteiger partial charge in [-0.1, -0.05) is 0 Å². The molecule has 0 saturated carbocycles. The minimum absolute atomic E-state index is 0.0111. The van der Waals surface area contributed by atoms with E-state index in [1.54, 1.807) is 18.4 Å². The maximum absolute atomic E-state index is 10.8. The highest BCUT2D eigenvalue weighted by atomic mass is 32.1. The van der Waals surface area contributed by atoms with Crippen LogP contribution in [0.1, 0.15) is 10.7 Å². The Balaban J connectivity index is 2.01. The summed E-state index contributed by atoms with van der Waals surface area (Å²) in [6.07, 6.45) is 0.762. The lowest BCUT2D eigenvalue weighted by Crippen LogP contribution is -2.08. The van der Waals surface area contributed by atoms with Crippen LogP contribution >= 0.6 is 11.3 Å². The van der Waals surface area contributed by atoms with E-state index in [2.05, 4.69) is 20.6 Å². The highest BCUT2D eigenvalue weighted by Crippen LogP contribution is 2.20. The van der Waals surface area contributed by atoms with E-state index < -0.39 is 4.92 Å². The monoisotopic (exact) mass is 293 g/mol. The molecular weight excluding hydrogens is 278 g/mol. The molecule has 2 heterocycles. The fourth-order valence-electron chi connectivity index (χ4n) is 1.66. The first-order chi connectivity index (χ1) is 9.58. The molecule has 2 aromatic rings. The maximum Gasteiger partial charge on any atom is 0.276 e. The van der Waals surface area contributed by atoms with Crippen molar-refractivity contribution in [1.82, 2.24) is 9.97 Å². The van der Waals surface area contributed by atoms with Crippen molar-refractivity contribution in [3.8, 4) is 0 Å². The Labute approximate surface area is 120 Å².